The highest BCUT2D eigenvalue weighted by atomic mass is 32.1. The van der Waals surface area contributed by atoms with Crippen molar-refractivity contribution in [3.63, 3.8) is 0 Å². The number of nitrogens with zero attached hydrogens (tertiary/aromatic N) is 1. The Bertz CT molecular complexity index is 451. The van der Waals surface area contributed by atoms with Gasteiger partial charge in [-0.3, -0.25) is 0 Å². The van der Waals surface area contributed by atoms with Crippen LogP contribution >= 0.6 is 11.3 Å². The molecule has 0 aromatic carbocycles. The second-order valence-corrected chi connectivity index (χ2v) is 6.68. The number of carbonyl (C=O) groups excluding carboxylic acids is 1. The quantitative estimate of drug-likeness (QED) is 0.847. The number of esters is 1. The minimum atomic E-state index is -0.220. The first-order chi connectivity index (χ1) is 9.61. The molecule has 5 heteroatoms. The molecule has 0 spiro atoms. The summed E-state index contributed by atoms with van der Waals surface area (Å²) in [4.78, 5) is 17.5. The van der Waals surface area contributed by atoms with Gasteiger partial charge < -0.3 is 10.1 Å². The van der Waals surface area contributed by atoms with Crippen molar-refractivity contribution in [1.82, 2.24) is 10.3 Å². The smallest absolute Gasteiger partial charge is 0.350 e. The average Bonchev–Trinajstić information content (AvgIpc) is 2.83. The first kappa shape index (κ1) is 15.4. The van der Waals surface area contributed by atoms with Crippen molar-refractivity contribution in [1.29, 1.82) is 0 Å². The molecular formula is C15H24N2O2S. The fourth-order valence-corrected chi connectivity index (χ4v) is 3.56. The monoisotopic (exact) mass is 296 g/mol. The van der Waals surface area contributed by atoms with E-state index in [1.807, 2.05) is 6.92 Å². The van der Waals surface area contributed by atoms with Gasteiger partial charge in [0, 0.05) is 0 Å². The summed E-state index contributed by atoms with van der Waals surface area (Å²) in [6.45, 7) is 7.58. The van der Waals surface area contributed by atoms with Crippen molar-refractivity contribution in [3.05, 3.63) is 15.6 Å². The number of piperidine rings is 1. The summed E-state index contributed by atoms with van der Waals surface area (Å²) in [5.41, 5.74) is 0.908. The first-order valence-electron chi connectivity index (χ1n) is 7.52. The standard InChI is InChI=1S/C15H24N2O2S/c1-4-19-15(18)13-12(9-10(2)3)17-14(20-13)11-7-5-6-8-16-11/h10-11,16H,4-9H2,1-3H3. The van der Waals surface area contributed by atoms with Crippen LogP contribution in [0.1, 0.15) is 66.4 Å². The fourth-order valence-electron chi connectivity index (χ4n) is 2.46. The molecule has 20 heavy (non-hydrogen) atoms. The number of hydrogen-bond acceptors (Lipinski definition) is 5. The zero-order chi connectivity index (χ0) is 14.5. The van der Waals surface area contributed by atoms with Crippen molar-refractivity contribution in [2.45, 2.75) is 52.5 Å². The zero-order valence-corrected chi connectivity index (χ0v) is 13.4. The van der Waals surface area contributed by atoms with Gasteiger partial charge in [-0.25, -0.2) is 9.78 Å². The van der Waals surface area contributed by atoms with Gasteiger partial charge in [-0.2, -0.15) is 0 Å². The van der Waals surface area contributed by atoms with Crippen LogP contribution in [0.15, 0.2) is 0 Å². The molecule has 1 aromatic heterocycles. The molecule has 1 saturated heterocycles. The summed E-state index contributed by atoms with van der Waals surface area (Å²) < 4.78 is 5.16. The predicted molar refractivity (Wildman–Crippen MR) is 81.2 cm³/mol. The highest BCUT2D eigenvalue weighted by molar-refractivity contribution is 7.13. The molecule has 4 nitrogen and oxygen atoms in total. The van der Waals surface area contributed by atoms with Crippen LogP contribution in [0.2, 0.25) is 0 Å². The van der Waals surface area contributed by atoms with E-state index in [9.17, 15) is 4.79 Å². The maximum Gasteiger partial charge on any atom is 0.350 e. The van der Waals surface area contributed by atoms with Gasteiger partial charge in [0.2, 0.25) is 0 Å². The number of nitrogens with one attached hydrogen (secondary N) is 1. The fraction of sp³-hybridized carbons (Fsp3) is 0.733. The lowest BCUT2D eigenvalue weighted by molar-refractivity contribution is 0.0530. The predicted octanol–water partition coefficient (Wildman–Crippen LogP) is 3.33. The molecule has 0 bridgehead atoms. The molecule has 1 unspecified atom stereocenters. The summed E-state index contributed by atoms with van der Waals surface area (Å²) in [7, 11) is 0. The van der Waals surface area contributed by atoms with Crippen molar-refractivity contribution in [2.75, 3.05) is 13.2 Å². The highest BCUT2D eigenvalue weighted by Gasteiger charge is 2.24. The molecule has 1 aromatic rings. The minimum Gasteiger partial charge on any atom is -0.462 e. The SMILES string of the molecule is CCOC(=O)c1sc(C2CCCCN2)nc1CC(C)C. The van der Waals surface area contributed by atoms with Gasteiger partial charge in [-0.15, -0.1) is 11.3 Å². The van der Waals surface area contributed by atoms with E-state index >= 15 is 0 Å². The van der Waals surface area contributed by atoms with Crippen LogP contribution in [-0.2, 0) is 11.2 Å². The molecule has 2 heterocycles. The maximum atomic E-state index is 12.1. The van der Waals surface area contributed by atoms with E-state index in [1.54, 1.807) is 0 Å². The molecule has 1 aliphatic rings. The van der Waals surface area contributed by atoms with E-state index < -0.39 is 0 Å². The third kappa shape index (κ3) is 3.79. The molecule has 1 N–H and O–H groups in total. The van der Waals surface area contributed by atoms with Crippen LogP contribution in [0.25, 0.3) is 0 Å². The van der Waals surface area contributed by atoms with Crippen molar-refractivity contribution < 1.29 is 9.53 Å². The van der Waals surface area contributed by atoms with E-state index in [4.69, 9.17) is 9.72 Å². The Morgan fingerprint density at radius 3 is 2.90 bits per heavy atom. The van der Waals surface area contributed by atoms with Gasteiger partial charge >= 0.3 is 5.97 Å². The molecule has 1 aliphatic heterocycles. The summed E-state index contributed by atoms with van der Waals surface area (Å²) in [6.07, 6.45) is 4.39. The van der Waals surface area contributed by atoms with Gasteiger partial charge in [-0.05, 0) is 38.6 Å². The largest absolute Gasteiger partial charge is 0.462 e. The normalized spacial score (nSPS) is 19.3. The molecule has 0 aliphatic carbocycles. The summed E-state index contributed by atoms with van der Waals surface area (Å²) in [6, 6.07) is 0.308. The number of ether oxygens (including phenoxy) is 1. The topological polar surface area (TPSA) is 51.2 Å². The van der Waals surface area contributed by atoms with Crippen LogP contribution in [0.5, 0.6) is 0 Å². The molecule has 2 rings (SSSR count). The second-order valence-electron chi connectivity index (χ2n) is 5.65. The zero-order valence-electron chi connectivity index (χ0n) is 12.6. The minimum absolute atomic E-state index is 0.220. The number of rotatable bonds is 5. The molecule has 0 saturated carbocycles. The molecular weight excluding hydrogens is 272 g/mol. The van der Waals surface area contributed by atoms with Crippen LogP contribution < -0.4 is 5.32 Å². The third-order valence-electron chi connectivity index (χ3n) is 3.38. The first-order valence-corrected chi connectivity index (χ1v) is 8.33. The molecule has 1 atom stereocenters. The van der Waals surface area contributed by atoms with Crippen molar-refractivity contribution in [2.24, 2.45) is 5.92 Å². The summed E-state index contributed by atoms with van der Waals surface area (Å²) in [5.74, 6) is 0.264. The molecule has 1 fully saturated rings. The molecule has 112 valence electrons. The number of thiazole rings is 1. The molecule has 0 amide bonds. The Morgan fingerprint density at radius 1 is 1.50 bits per heavy atom. The summed E-state index contributed by atoms with van der Waals surface area (Å²) in [5, 5.41) is 4.54. The maximum absolute atomic E-state index is 12.1. The van der Waals surface area contributed by atoms with Crippen molar-refractivity contribution >= 4 is 17.3 Å². The van der Waals surface area contributed by atoms with E-state index in [-0.39, 0.29) is 5.97 Å². The highest BCUT2D eigenvalue weighted by Crippen LogP contribution is 2.30. The van der Waals surface area contributed by atoms with E-state index in [2.05, 4.69) is 19.2 Å². The van der Waals surface area contributed by atoms with Crippen LogP contribution in [-0.4, -0.2) is 24.1 Å². The lowest BCUT2D eigenvalue weighted by atomic mass is 10.1. The van der Waals surface area contributed by atoms with Gasteiger partial charge in [0.05, 0.1) is 18.3 Å². The Hall–Kier alpha value is -0.940. The Kier molecular flexibility index (Phi) is 5.54. The van der Waals surface area contributed by atoms with Crippen LogP contribution in [0.3, 0.4) is 0 Å². The van der Waals surface area contributed by atoms with Gasteiger partial charge in [0.25, 0.3) is 0 Å². The Balaban J connectivity index is 2.23. The van der Waals surface area contributed by atoms with Crippen LogP contribution in [0, 0.1) is 5.92 Å². The Labute approximate surface area is 124 Å². The third-order valence-corrected chi connectivity index (χ3v) is 4.58. The van der Waals surface area contributed by atoms with Gasteiger partial charge in [0.1, 0.15) is 9.88 Å². The second kappa shape index (κ2) is 7.18. The van der Waals surface area contributed by atoms with E-state index in [0.717, 1.165) is 30.1 Å². The van der Waals surface area contributed by atoms with Gasteiger partial charge in [0.15, 0.2) is 0 Å². The van der Waals surface area contributed by atoms with Crippen LogP contribution in [0.4, 0.5) is 0 Å². The number of aromatic nitrogens is 1. The van der Waals surface area contributed by atoms with Gasteiger partial charge in [-0.1, -0.05) is 20.3 Å². The molecule has 0 radical (unpaired) electrons. The lowest BCUT2D eigenvalue weighted by Gasteiger charge is -2.21. The average molecular weight is 296 g/mol. The van der Waals surface area contributed by atoms with E-state index in [1.165, 1.54) is 24.2 Å². The lowest BCUT2D eigenvalue weighted by Crippen LogP contribution is -2.26. The van der Waals surface area contributed by atoms with Crippen molar-refractivity contribution in [3.8, 4) is 0 Å². The van der Waals surface area contributed by atoms with E-state index in [0.29, 0.717) is 23.4 Å². The Morgan fingerprint density at radius 2 is 2.30 bits per heavy atom. The summed E-state index contributed by atoms with van der Waals surface area (Å²) >= 11 is 1.51. The number of hydrogen-bond donors (Lipinski definition) is 1. The number of carbonyl (C=O) groups is 1.